The van der Waals surface area contributed by atoms with Gasteiger partial charge in [-0.25, -0.2) is 4.39 Å². The number of hydrogen-bond acceptors (Lipinski definition) is 3. The van der Waals surface area contributed by atoms with Gasteiger partial charge in [0.1, 0.15) is 17.1 Å². The Morgan fingerprint density at radius 3 is 2.78 bits per heavy atom. The van der Waals surface area contributed by atoms with Crippen molar-refractivity contribution in [2.75, 3.05) is 7.05 Å². The van der Waals surface area contributed by atoms with Crippen LogP contribution in [0.15, 0.2) is 18.2 Å². The van der Waals surface area contributed by atoms with Gasteiger partial charge in [0.15, 0.2) is 0 Å². The molecule has 0 heterocycles. The highest BCUT2D eigenvalue weighted by Crippen LogP contribution is 2.22. The summed E-state index contributed by atoms with van der Waals surface area (Å²) in [6.45, 7) is 5.55. The standard InChI is InChI=1S/C14H19FN2O/c1-10-5-6-12(15)7-13(10)18-11(2)8-14(3,9-16)17-4/h5-7,11,17H,8H2,1-4H3. The Morgan fingerprint density at radius 1 is 1.56 bits per heavy atom. The molecule has 0 aliphatic heterocycles. The minimum Gasteiger partial charge on any atom is -0.490 e. The molecule has 0 aliphatic carbocycles. The minimum atomic E-state index is -0.638. The first kappa shape index (κ1) is 14.5. The van der Waals surface area contributed by atoms with E-state index in [0.29, 0.717) is 12.2 Å². The lowest BCUT2D eigenvalue weighted by atomic mass is 9.97. The molecule has 1 rings (SSSR count). The molecule has 0 aromatic heterocycles. The van der Waals surface area contributed by atoms with E-state index in [4.69, 9.17) is 10.00 Å². The van der Waals surface area contributed by atoms with Crippen molar-refractivity contribution in [2.24, 2.45) is 0 Å². The van der Waals surface area contributed by atoms with Crippen molar-refractivity contribution in [2.45, 2.75) is 38.8 Å². The Bertz CT molecular complexity index is 456. The Labute approximate surface area is 108 Å². The zero-order valence-electron chi connectivity index (χ0n) is 11.2. The van der Waals surface area contributed by atoms with Crippen molar-refractivity contribution in [3.05, 3.63) is 29.6 Å². The Kier molecular flexibility index (Phi) is 4.69. The van der Waals surface area contributed by atoms with Gasteiger partial charge in [-0.1, -0.05) is 6.07 Å². The minimum absolute atomic E-state index is 0.178. The lowest BCUT2D eigenvalue weighted by Gasteiger charge is -2.25. The Balaban J connectivity index is 2.73. The van der Waals surface area contributed by atoms with Crippen molar-refractivity contribution in [1.82, 2.24) is 5.32 Å². The Morgan fingerprint density at radius 2 is 2.22 bits per heavy atom. The molecule has 1 N–H and O–H groups in total. The number of halogens is 1. The summed E-state index contributed by atoms with van der Waals surface area (Å²) in [4.78, 5) is 0. The van der Waals surface area contributed by atoms with Gasteiger partial charge in [-0.05, 0) is 39.4 Å². The molecule has 0 saturated heterocycles. The van der Waals surface area contributed by atoms with Crippen LogP contribution >= 0.6 is 0 Å². The van der Waals surface area contributed by atoms with Crippen LogP contribution in [0.5, 0.6) is 5.75 Å². The van der Waals surface area contributed by atoms with Crippen LogP contribution in [-0.2, 0) is 0 Å². The molecular weight excluding hydrogens is 231 g/mol. The second-order valence-corrected chi connectivity index (χ2v) is 4.74. The molecule has 98 valence electrons. The van der Waals surface area contributed by atoms with Gasteiger partial charge in [0.05, 0.1) is 12.2 Å². The van der Waals surface area contributed by atoms with Gasteiger partial charge in [-0.15, -0.1) is 0 Å². The third-order valence-corrected chi connectivity index (χ3v) is 2.97. The summed E-state index contributed by atoms with van der Waals surface area (Å²) in [6, 6.07) is 6.66. The quantitative estimate of drug-likeness (QED) is 0.874. The summed E-state index contributed by atoms with van der Waals surface area (Å²) in [5, 5.41) is 12.0. The molecule has 4 heteroatoms. The summed E-state index contributed by atoms with van der Waals surface area (Å²) in [7, 11) is 1.74. The van der Waals surface area contributed by atoms with Gasteiger partial charge >= 0.3 is 0 Å². The van der Waals surface area contributed by atoms with E-state index in [0.717, 1.165) is 5.56 Å². The average molecular weight is 250 g/mol. The summed E-state index contributed by atoms with van der Waals surface area (Å²) in [6.07, 6.45) is 0.346. The first-order chi connectivity index (χ1) is 8.40. The smallest absolute Gasteiger partial charge is 0.126 e. The lowest BCUT2D eigenvalue weighted by molar-refractivity contribution is 0.181. The molecule has 0 amide bonds. The SMILES string of the molecule is CNC(C)(C#N)CC(C)Oc1cc(F)ccc1C. The fourth-order valence-corrected chi connectivity index (χ4v) is 1.74. The maximum Gasteiger partial charge on any atom is 0.126 e. The normalized spacial score (nSPS) is 15.6. The molecular formula is C14H19FN2O. The summed E-state index contributed by atoms with van der Waals surface area (Å²) >= 11 is 0. The predicted octanol–water partition coefficient (Wildman–Crippen LogP) is 2.79. The molecule has 18 heavy (non-hydrogen) atoms. The molecule has 0 aliphatic rings. The second-order valence-electron chi connectivity index (χ2n) is 4.74. The fraction of sp³-hybridized carbons (Fsp3) is 0.500. The molecule has 2 atom stereocenters. The maximum atomic E-state index is 13.1. The first-order valence-electron chi connectivity index (χ1n) is 5.93. The third-order valence-electron chi connectivity index (χ3n) is 2.97. The van der Waals surface area contributed by atoms with Crippen LogP contribution in [0.2, 0.25) is 0 Å². The zero-order chi connectivity index (χ0) is 13.8. The molecule has 0 fully saturated rings. The Hall–Kier alpha value is -1.60. The number of ether oxygens (including phenoxy) is 1. The number of aryl methyl sites for hydroxylation is 1. The van der Waals surface area contributed by atoms with Crippen molar-refractivity contribution < 1.29 is 9.13 Å². The van der Waals surface area contributed by atoms with Gasteiger partial charge < -0.3 is 10.1 Å². The van der Waals surface area contributed by atoms with Crippen LogP contribution < -0.4 is 10.1 Å². The summed E-state index contributed by atoms with van der Waals surface area (Å²) in [5.41, 5.74) is 0.243. The number of benzene rings is 1. The molecule has 2 unspecified atom stereocenters. The van der Waals surface area contributed by atoms with E-state index in [1.165, 1.54) is 12.1 Å². The molecule has 0 radical (unpaired) electrons. The molecule has 1 aromatic carbocycles. The van der Waals surface area contributed by atoms with E-state index in [1.807, 2.05) is 20.8 Å². The highest BCUT2D eigenvalue weighted by molar-refractivity contribution is 5.32. The first-order valence-corrected chi connectivity index (χ1v) is 5.93. The third kappa shape index (κ3) is 3.71. The molecule has 0 bridgehead atoms. The summed E-state index contributed by atoms with van der Waals surface area (Å²) in [5.74, 6) is 0.207. The average Bonchev–Trinajstić information content (AvgIpc) is 2.33. The highest BCUT2D eigenvalue weighted by Gasteiger charge is 2.25. The van der Waals surface area contributed by atoms with Gasteiger partial charge in [0.25, 0.3) is 0 Å². The largest absolute Gasteiger partial charge is 0.490 e. The van der Waals surface area contributed by atoms with Gasteiger partial charge in [0, 0.05) is 12.5 Å². The maximum absolute atomic E-state index is 13.1. The monoisotopic (exact) mass is 250 g/mol. The second kappa shape index (κ2) is 5.83. The van der Waals surface area contributed by atoms with Crippen molar-refractivity contribution >= 4 is 0 Å². The van der Waals surface area contributed by atoms with Crippen LogP contribution in [0.4, 0.5) is 4.39 Å². The van der Waals surface area contributed by atoms with Crippen LogP contribution in [0, 0.1) is 24.1 Å². The van der Waals surface area contributed by atoms with E-state index in [1.54, 1.807) is 13.1 Å². The molecule has 3 nitrogen and oxygen atoms in total. The fourth-order valence-electron chi connectivity index (χ4n) is 1.74. The van der Waals surface area contributed by atoms with E-state index in [9.17, 15) is 4.39 Å². The van der Waals surface area contributed by atoms with E-state index in [-0.39, 0.29) is 11.9 Å². The number of hydrogen-bond donors (Lipinski definition) is 1. The summed E-state index contributed by atoms with van der Waals surface area (Å²) < 4.78 is 18.8. The van der Waals surface area contributed by atoms with Gasteiger partial charge in [-0.3, -0.25) is 0 Å². The van der Waals surface area contributed by atoms with Gasteiger partial charge in [0.2, 0.25) is 0 Å². The van der Waals surface area contributed by atoms with E-state index in [2.05, 4.69) is 11.4 Å². The number of nitriles is 1. The van der Waals surface area contributed by atoms with Crippen LogP contribution in [0.25, 0.3) is 0 Å². The van der Waals surface area contributed by atoms with E-state index >= 15 is 0 Å². The molecule has 0 saturated carbocycles. The lowest BCUT2D eigenvalue weighted by Crippen LogP contribution is -2.41. The predicted molar refractivity (Wildman–Crippen MR) is 68.9 cm³/mol. The van der Waals surface area contributed by atoms with Crippen LogP contribution in [0.1, 0.15) is 25.8 Å². The van der Waals surface area contributed by atoms with Crippen LogP contribution in [-0.4, -0.2) is 18.7 Å². The van der Waals surface area contributed by atoms with E-state index < -0.39 is 5.54 Å². The number of nitrogens with one attached hydrogen (secondary N) is 1. The van der Waals surface area contributed by atoms with Crippen LogP contribution in [0.3, 0.4) is 0 Å². The highest BCUT2D eigenvalue weighted by atomic mass is 19.1. The number of nitrogens with zero attached hydrogens (tertiary/aromatic N) is 1. The molecule has 0 spiro atoms. The van der Waals surface area contributed by atoms with Crippen molar-refractivity contribution in [3.8, 4) is 11.8 Å². The molecule has 1 aromatic rings. The topological polar surface area (TPSA) is 45.0 Å². The van der Waals surface area contributed by atoms with Crippen molar-refractivity contribution in [1.29, 1.82) is 5.26 Å². The number of rotatable bonds is 5. The zero-order valence-corrected chi connectivity index (χ0v) is 11.2. The van der Waals surface area contributed by atoms with Crippen molar-refractivity contribution in [3.63, 3.8) is 0 Å². The van der Waals surface area contributed by atoms with Gasteiger partial charge in [-0.2, -0.15) is 5.26 Å².